The van der Waals surface area contributed by atoms with Crippen molar-refractivity contribution >= 4 is 23.5 Å². The maximum Gasteiger partial charge on any atom is 0.360 e. The summed E-state index contributed by atoms with van der Waals surface area (Å²) in [6, 6.07) is 13.9. The molecule has 0 saturated heterocycles. The van der Waals surface area contributed by atoms with Crippen LogP contribution < -0.4 is 5.43 Å². The highest BCUT2D eigenvalue weighted by Crippen LogP contribution is 2.24. The Morgan fingerprint density at radius 1 is 1.07 bits per heavy atom. The molecule has 0 aliphatic rings. The number of rotatable bonds is 5. The molecule has 0 bridgehead atoms. The Hall–Kier alpha value is -3.45. The molecule has 2 aromatic carbocycles. The van der Waals surface area contributed by atoms with Gasteiger partial charge < -0.3 is 10.2 Å². The van der Waals surface area contributed by atoms with Crippen molar-refractivity contribution in [2.45, 2.75) is 13.3 Å². The Morgan fingerprint density at radius 3 is 2.32 bits per heavy atom. The summed E-state index contributed by atoms with van der Waals surface area (Å²) >= 11 is 6.31. The van der Waals surface area contributed by atoms with E-state index in [0.29, 0.717) is 0 Å². The number of carboxylic acids is 2. The first-order chi connectivity index (χ1) is 13.3. The molecule has 2 N–H and O–H groups in total. The van der Waals surface area contributed by atoms with Crippen molar-refractivity contribution in [3.63, 3.8) is 0 Å². The fourth-order valence-corrected chi connectivity index (χ4v) is 3.17. The molecule has 7 nitrogen and oxygen atoms in total. The summed E-state index contributed by atoms with van der Waals surface area (Å²) in [6.45, 7) is 1.82. The molecule has 0 aliphatic carbocycles. The second-order valence-corrected chi connectivity index (χ2v) is 6.55. The van der Waals surface area contributed by atoms with E-state index in [-0.39, 0.29) is 22.8 Å². The summed E-state index contributed by atoms with van der Waals surface area (Å²) in [5.41, 5.74) is -0.769. The second-order valence-electron chi connectivity index (χ2n) is 6.14. The van der Waals surface area contributed by atoms with Crippen LogP contribution in [0.2, 0.25) is 5.02 Å². The van der Waals surface area contributed by atoms with E-state index in [9.17, 15) is 24.6 Å². The van der Waals surface area contributed by atoms with Gasteiger partial charge in [-0.3, -0.25) is 4.79 Å². The second kappa shape index (κ2) is 7.66. The molecule has 0 atom stereocenters. The van der Waals surface area contributed by atoms with Gasteiger partial charge in [-0.2, -0.15) is 5.10 Å². The minimum absolute atomic E-state index is 0.0412. The van der Waals surface area contributed by atoms with Gasteiger partial charge in [0.1, 0.15) is 5.56 Å². The standard InChI is InChI=1S/C20H15ClN2O5/c1-11-7-8-14(13(21)9-11)23-15(10-12-5-3-2-4-6-12)16(19(25)26)18(24)17(22-23)20(27)28/h2-9H,10H2,1H3,(H,25,26)(H,27,28). The van der Waals surface area contributed by atoms with Crippen molar-refractivity contribution in [2.75, 3.05) is 0 Å². The number of aryl methyl sites for hydroxylation is 1. The fraction of sp³-hybridized carbons (Fsp3) is 0.100. The van der Waals surface area contributed by atoms with Crippen molar-refractivity contribution in [1.29, 1.82) is 0 Å². The molecule has 0 radical (unpaired) electrons. The molecular formula is C20H15ClN2O5. The number of benzene rings is 2. The molecule has 0 fully saturated rings. The predicted octanol–water partition coefficient (Wildman–Crippen LogP) is 3.18. The van der Waals surface area contributed by atoms with Crippen LogP contribution in [0.25, 0.3) is 5.69 Å². The number of halogens is 1. The number of hydrogen-bond donors (Lipinski definition) is 2. The summed E-state index contributed by atoms with van der Waals surface area (Å²) in [5, 5.41) is 23.2. The average Bonchev–Trinajstić information content (AvgIpc) is 2.63. The van der Waals surface area contributed by atoms with Crippen molar-refractivity contribution in [2.24, 2.45) is 0 Å². The zero-order valence-corrected chi connectivity index (χ0v) is 15.5. The molecule has 8 heteroatoms. The van der Waals surface area contributed by atoms with E-state index in [1.165, 1.54) is 0 Å². The van der Waals surface area contributed by atoms with Crippen molar-refractivity contribution < 1.29 is 19.8 Å². The Morgan fingerprint density at radius 2 is 1.75 bits per heavy atom. The molecule has 1 heterocycles. The zero-order valence-electron chi connectivity index (χ0n) is 14.7. The van der Waals surface area contributed by atoms with Crippen LogP contribution in [0.3, 0.4) is 0 Å². The third kappa shape index (κ3) is 3.65. The first-order valence-electron chi connectivity index (χ1n) is 8.23. The van der Waals surface area contributed by atoms with Crippen molar-refractivity contribution in [3.8, 4) is 5.69 Å². The Balaban J connectivity index is 2.39. The SMILES string of the molecule is Cc1ccc(-n2nc(C(=O)O)c(=O)c(C(=O)O)c2Cc2ccccc2)c(Cl)c1. The van der Waals surface area contributed by atoms with Gasteiger partial charge in [-0.25, -0.2) is 14.3 Å². The third-order valence-electron chi connectivity index (χ3n) is 4.15. The Labute approximate surface area is 164 Å². The molecule has 0 spiro atoms. The number of nitrogens with zero attached hydrogens (tertiary/aromatic N) is 2. The Bertz CT molecular complexity index is 1140. The lowest BCUT2D eigenvalue weighted by Gasteiger charge is -2.17. The van der Waals surface area contributed by atoms with Gasteiger partial charge in [0.15, 0.2) is 0 Å². The third-order valence-corrected chi connectivity index (χ3v) is 4.45. The van der Waals surface area contributed by atoms with E-state index in [1.807, 2.05) is 6.92 Å². The molecule has 1 aromatic heterocycles. The van der Waals surface area contributed by atoms with Gasteiger partial charge in [0, 0.05) is 6.42 Å². The topological polar surface area (TPSA) is 109 Å². The quantitative estimate of drug-likeness (QED) is 0.683. The molecule has 142 valence electrons. The summed E-state index contributed by atoms with van der Waals surface area (Å²) in [7, 11) is 0. The number of aromatic nitrogens is 2. The first kappa shape index (κ1) is 19.3. The largest absolute Gasteiger partial charge is 0.477 e. The van der Waals surface area contributed by atoms with Crippen LogP contribution in [-0.2, 0) is 6.42 Å². The maximum absolute atomic E-state index is 12.5. The highest BCUT2D eigenvalue weighted by Gasteiger charge is 2.27. The fourth-order valence-electron chi connectivity index (χ4n) is 2.86. The molecule has 0 saturated carbocycles. The lowest BCUT2D eigenvalue weighted by atomic mass is 10.0. The van der Waals surface area contributed by atoms with Crippen LogP contribution in [0.15, 0.2) is 53.3 Å². The highest BCUT2D eigenvalue weighted by atomic mass is 35.5. The van der Waals surface area contributed by atoms with Gasteiger partial charge in [0.25, 0.3) is 0 Å². The lowest BCUT2D eigenvalue weighted by Crippen LogP contribution is -2.31. The summed E-state index contributed by atoms with van der Waals surface area (Å²) in [6.07, 6.45) is 0.0504. The molecule has 3 rings (SSSR count). The van der Waals surface area contributed by atoms with Crippen molar-refractivity contribution in [1.82, 2.24) is 9.78 Å². The number of hydrogen-bond acceptors (Lipinski definition) is 4. The molecule has 0 amide bonds. The number of aromatic carboxylic acids is 2. The van der Waals surface area contributed by atoms with Gasteiger partial charge in [0.2, 0.25) is 11.1 Å². The Kier molecular flexibility index (Phi) is 5.28. The van der Waals surface area contributed by atoms with Crippen LogP contribution in [-0.4, -0.2) is 31.9 Å². The molecule has 3 aromatic rings. The minimum atomic E-state index is -1.62. The maximum atomic E-state index is 12.5. The van der Waals surface area contributed by atoms with E-state index in [1.54, 1.807) is 48.5 Å². The minimum Gasteiger partial charge on any atom is -0.477 e. The van der Waals surface area contributed by atoms with Crippen LogP contribution in [0, 0.1) is 6.92 Å². The molecule has 28 heavy (non-hydrogen) atoms. The van der Waals surface area contributed by atoms with Crippen LogP contribution in [0.4, 0.5) is 0 Å². The van der Waals surface area contributed by atoms with Crippen molar-refractivity contribution in [3.05, 3.63) is 91.9 Å². The first-order valence-corrected chi connectivity index (χ1v) is 8.60. The van der Waals surface area contributed by atoms with E-state index in [2.05, 4.69) is 5.10 Å². The molecule has 0 aliphatic heterocycles. The summed E-state index contributed by atoms with van der Waals surface area (Å²) in [4.78, 5) is 35.9. The van der Waals surface area contributed by atoms with Crippen LogP contribution in [0.1, 0.15) is 37.7 Å². The molecule has 0 unspecified atom stereocenters. The lowest BCUT2D eigenvalue weighted by molar-refractivity contribution is 0.0685. The average molecular weight is 399 g/mol. The number of carbonyl (C=O) groups is 2. The normalized spacial score (nSPS) is 10.6. The summed E-state index contributed by atoms with van der Waals surface area (Å²) in [5.74, 6) is -3.14. The van der Waals surface area contributed by atoms with E-state index < -0.39 is 28.6 Å². The van der Waals surface area contributed by atoms with Gasteiger partial charge >= 0.3 is 11.9 Å². The van der Waals surface area contributed by atoms with E-state index in [0.717, 1.165) is 15.8 Å². The predicted molar refractivity (Wildman–Crippen MR) is 103 cm³/mol. The van der Waals surface area contributed by atoms with Gasteiger partial charge in [-0.15, -0.1) is 0 Å². The van der Waals surface area contributed by atoms with Crippen LogP contribution in [0.5, 0.6) is 0 Å². The van der Waals surface area contributed by atoms with Crippen LogP contribution >= 0.6 is 11.6 Å². The van der Waals surface area contributed by atoms with E-state index in [4.69, 9.17) is 11.6 Å². The monoisotopic (exact) mass is 398 g/mol. The highest BCUT2D eigenvalue weighted by molar-refractivity contribution is 6.32. The van der Waals surface area contributed by atoms with Gasteiger partial charge in [0.05, 0.1) is 16.4 Å². The van der Waals surface area contributed by atoms with Gasteiger partial charge in [-0.1, -0.05) is 48.0 Å². The smallest absolute Gasteiger partial charge is 0.360 e. The zero-order chi connectivity index (χ0) is 20.4. The van der Waals surface area contributed by atoms with Gasteiger partial charge in [-0.05, 0) is 30.2 Å². The molecular weight excluding hydrogens is 384 g/mol. The summed E-state index contributed by atoms with van der Waals surface area (Å²) < 4.78 is 1.13. The van der Waals surface area contributed by atoms with E-state index >= 15 is 0 Å². The number of carboxylic acid groups (broad SMARTS) is 2.